The molecule has 2 N–H and O–H groups in total. The first-order valence-electron chi connectivity index (χ1n) is 9.85. The number of halogens is 2. The number of nitrogens with zero attached hydrogens (tertiary/aromatic N) is 1. The van der Waals surface area contributed by atoms with Crippen LogP contribution in [0.3, 0.4) is 0 Å². The first-order chi connectivity index (χ1) is 15.2. The Morgan fingerprint density at radius 3 is 2.59 bits per heavy atom. The van der Waals surface area contributed by atoms with Gasteiger partial charge in [-0.2, -0.15) is 0 Å². The van der Waals surface area contributed by atoms with Crippen LogP contribution in [0.2, 0.25) is 5.02 Å². The van der Waals surface area contributed by atoms with Crippen LogP contribution in [0.25, 0.3) is 0 Å². The number of likely N-dealkylation sites (N-methyl/N-ethyl adjacent to an activating group) is 1. The number of rotatable bonds is 6. The monoisotopic (exact) mass is 459 g/mol. The van der Waals surface area contributed by atoms with Crippen molar-refractivity contribution in [3.63, 3.8) is 0 Å². The van der Waals surface area contributed by atoms with E-state index in [0.29, 0.717) is 27.4 Å². The zero-order valence-corrected chi connectivity index (χ0v) is 18.6. The highest BCUT2D eigenvalue weighted by Crippen LogP contribution is 2.34. The van der Waals surface area contributed by atoms with Crippen molar-refractivity contribution in [2.24, 2.45) is 0 Å². The van der Waals surface area contributed by atoms with Crippen molar-refractivity contribution in [2.75, 3.05) is 26.0 Å². The lowest BCUT2D eigenvalue weighted by Gasteiger charge is -2.24. The minimum absolute atomic E-state index is 0.0610. The molecule has 1 aliphatic heterocycles. The van der Waals surface area contributed by atoms with Gasteiger partial charge in [-0.1, -0.05) is 23.7 Å². The number of benzene rings is 2. The van der Waals surface area contributed by atoms with Crippen LogP contribution >= 0.6 is 11.6 Å². The Morgan fingerprint density at radius 1 is 1.25 bits per heavy atom. The molecule has 168 valence electrons. The molecule has 7 nitrogen and oxygen atoms in total. The predicted molar refractivity (Wildman–Crippen MR) is 119 cm³/mol. The fraction of sp³-hybridized carbons (Fsp3) is 0.261. The number of hydrogen-bond donors (Lipinski definition) is 2. The third-order valence-electron chi connectivity index (χ3n) is 5.07. The number of amides is 3. The van der Waals surface area contributed by atoms with Gasteiger partial charge in [-0.25, -0.2) is 4.39 Å². The second-order valence-corrected chi connectivity index (χ2v) is 8.01. The molecule has 0 radical (unpaired) electrons. The molecule has 32 heavy (non-hydrogen) atoms. The maximum Gasteiger partial charge on any atom is 0.259 e. The molecule has 0 aliphatic carbocycles. The highest BCUT2D eigenvalue weighted by molar-refractivity contribution is 6.32. The van der Waals surface area contributed by atoms with Crippen LogP contribution in [0, 0.1) is 12.7 Å². The molecule has 1 atom stereocenters. The van der Waals surface area contributed by atoms with Crippen LogP contribution in [0.15, 0.2) is 48.2 Å². The van der Waals surface area contributed by atoms with Gasteiger partial charge in [0.1, 0.15) is 11.6 Å². The molecule has 3 rings (SSSR count). The fourth-order valence-electron chi connectivity index (χ4n) is 3.19. The van der Waals surface area contributed by atoms with Crippen molar-refractivity contribution < 1.29 is 23.5 Å². The second kappa shape index (κ2) is 9.82. The van der Waals surface area contributed by atoms with E-state index in [2.05, 4.69) is 10.6 Å². The zero-order valence-electron chi connectivity index (χ0n) is 17.9. The van der Waals surface area contributed by atoms with Gasteiger partial charge < -0.3 is 20.3 Å². The standard InChI is InChI=1S/C23H23ClFN3O4/c1-13-8-18(24)20(32-12-22(30)28(2)3)10-19(13)27-23(31)17-11-26-21(29)9-16(17)14-4-6-15(25)7-5-14/h4-8,10-11,16H,9,12H2,1-3H3,(H,26,29)(H,27,31)/t16-/m0/s1. The molecule has 9 heteroatoms. The smallest absolute Gasteiger partial charge is 0.259 e. The lowest BCUT2D eigenvalue weighted by Crippen LogP contribution is -2.32. The first kappa shape index (κ1) is 23.3. The van der Waals surface area contributed by atoms with Crippen molar-refractivity contribution in [3.8, 4) is 5.75 Å². The SMILES string of the molecule is Cc1cc(Cl)c(OCC(=O)N(C)C)cc1NC(=O)C1=CNC(=O)C[C@H]1c1ccc(F)cc1. The molecule has 1 heterocycles. The van der Waals surface area contributed by atoms with Crippen LogP contribution < -0.4 is 15.4 Å². The highest BCUT2D eigenvalue weighted by Gasteiger charge is 2.29. The van der Waals surface area contributed by atoms with E-state index >= 15 is 0 Å². The summed E-state index contributed by atoms with van der Waals surface area (Å²) in [6.07, 6.45) is 1.43. The van der Waals surface area contributed by atoms with Crippen molar-refractivity contribution in [3.05, 3.63) is 70.1 Å². The maximum atomic E-state index is 13.3. The predicted octanol–water partition coefficient (Wildman–Crippen LogP) is 3.38. The number of ether oxygens (including phenoxy) is 1. The average molecular weight is 460 g/mol. The summed E-state index contributed by atoms with van der Waals surface area (Å²) < 4.78 is 18.8. The highest BCUT2D eigenvalue weighted by atomic mass is 35.5. The van der Waals surface area contributed by atoms with Gasteiger partial charge in [-0.05, 0) is 36.2 Å². The molecule has 1 aliphatic rings. The Bertz CT molecular complexity index is 1080. The van der Waals surface area contributed by atoms with Crippen LogP contribution in [0.4, 0.5) is 10.1 Å². The Morgan fingerprint density at radius 2 is 1.94 bits per heavy atom. The maximum absolute atomic E-state index is 13.3. The van der Waals surface area contributed by atoms with Crippen LogP contribution in [0.5, 0.6) is 5.75 Å². The quantitative estimate of drug-likeness (QED) is 0.693. The summed E-state index contributed by atoms with van der Waals surface area (Å²) in [7, 11) is 3.23. The van der Waals surface area contributed by atoms with Crippen molar-refractivity contribution in [1.29, 1.82) is 0 Å². The van der Waals surface area contributed by atoms with E-state index in [1.165, 1.54) is 23.2 Å². The summed E-state index contributed by atoms with van der Waals surface area (Å²) in [5, 5.41) is 5.69. The third kappa shape index (κ3) is 5.45. The van der Waals surface area contributed by atoms with Gasteiger partial charge in [0.2, 0.25) is 5.91 Å². The fourth-order valence-corrected chi connectivity index (χ4v) is 3.46. The Hall–Kier alpha value is -3.39. The lowest BCUT2D eigenvalue weighted by molar-refractivity contribution is -0.130. The van der Waals surface area contributed by atoms with Crippen molar-refractivity contribution >= 4 is 35.0 Å². The molecule has 0 fully saturated rings. The van der Waals surface area contributed by atoms with Gasteiger partial charge in [0.15, 0.2) is 6.61 Å². The van der Waals surface area contributed by atoms with E-state index < -0.39 is 17.6 Å². The molecular weight excluding hydrogens is 437 g/mol. The van der Waals surface area contributed by atoms with E-state index in [-0.39, 0.29) is 30.6 Å². The normalized spacial score (nSPS) is 15.5. The lowest BCUT2D eigenvalue weighted by atomic mass is 9.86. The third-order valence-corrected chi connectivity index (χ3v) is 5.36. The number of carbonyl (C=O) groups excluding carboxylic acids is 3. The van der Waals surface area contributed by atoms with Crippen molar-refractivity contribution in [2.45, 2.75) is 19.3 Å². The molecule has 2 aromatic carbocycles. The molecule has 0 unspecified atom stereocenters. The van der Waals surface area contributed by atoms with Gasteiger partial charge in [0.05, 0.1) is 5.02 Å². The van der Waals surface area contributed by atoms with Gasteiger partial charge in [-0.3, -0.25) is 14.4 Å². The summed E-state index contributed by atoms with van der Waals surface area (Å²) in [6.45, 7) is 1.57. The number of aryl methyl sites for hydroxylation is 1. The average Bonchev–Trinajstić information content (AvgIpc) is 2.74. The molecule has 0 spiro atoms. The summed E-state index contributed by atoms with van der Waals surface area (Å²) in [5.74, 6) is -1.58. The molecule has 0 saturated carbocycles. The largest absolute Gasteiger partial charge is 0.482 e. The second-order valence-electron chi connectivity index (χ2n) is 7.60. The van der Waals surface area contributed by atoms with Gasteiger partial charge in [0.25, 0.3) is 11.8 Å². The number of hydrogen-bond acceptors (Lipinski definition) is 4. The van der Waals surface area contributed by atoms with Gasteiger partial charge in [-0.15, -0.1) is 0 Å². The van der Waals surface area contributed by atoms with Gasteiger partial charge in [0, 0.05) is 50.0 Å². The summed E-state index contributed by atoms with van der Waals surface area (Å²) in [6, 6.07) is 8.87. The number of nitrogens with one attached hydrogen (secondary N) is 2. The van der Waals surface area contributed by atoms with Gasteiger partial charge >= 0.3 is 0 Å². The summed E-state index contributed by atoms with van der Waals surface area (Å²) in [5.41, 5.74) is 2.12. The molecule has 0 aromatic heterocycles. The number of carbonyl (C=O) groups is 3. The molecule has 3 amide bonds. The minimum atomic E-state index is -0.523. The molecule has 0 bridgehead atoms. The summed E-state index contributed by atoms with van der Waals surface area (Å²) >= 11 is 6.23. The molecular formula is C23H23ClFN3O4. The molecule has 2 aromatic rings. The van der Waals surface area contributed by atoms with E-state index in [4.69, 9.17) is 16.3 Å². The Kier molecular flexibility index (Phi) is 7.15. The first-order valence-corrected chi connectivity index (χ1v) is 10.2. The van der Waals surface area contributed by atoms with E-state index in [9.17, 15) is 18.8 Å². The van der Waals surface area contributed by atoms with E-state index in [0.717, 1.165) is 0 Å². The minimum Gasteiger partial charge on any atom is -0.482 e. The van der Waals surface area contributed by atoms with Crippen LogP contribution in [-0.4, -0.2) is 43.3 Å². The Balaban J connectivity index is 1.83. The Labute approximate surface area is 190 Å². The van der Waals surface area contributed by atoms with Crippen molar-refractivity contribution in [1.82, 2.24) is 10.2 Å². The van der Waals surface area contributed by atoms with E-state index in [1.54, 1.807) is 45.3 Å². The number of anilines is 1. The van der Waals surface area contributed by atoms with Crippen LogP contribution in [0.1, 0.15) is 23.5 Å². The molecule has 0 saturated heterocycles. The van der Waals surface area contributed by atoms with E-state index in [1.807, 2.05) is 0 Å². The summed E-state index contributed by atoms with van der Waals surface area (Å²) in [4.78, 5) is 38.2. The van der Waals surface area contributed by atoms with Crippen LogP contribution in [-0.2, 0) is 14.4 Å². The topological polar surface area (TPSA) is 87.7 Å². The zero-order chi connectivity index (χ0) is 23.4.